The average Bonchev–Trinajstić information content (AvgIpc) is 2.41. The molecule has 22 heavy (non-hydrogen) atoms. The molecule has 1 aliphatic heterocycles. The van der Waals surface area contributed by atoms with Crippen LogP contribution >= 0.6 is 23.2 Å². The second kappa shape index (κ2) is 7.02. The number of carbonyl (C=O) groups excluding carboxylic acids is 1. The van der Waals surface area contributed by atoms with Crippen molar-refractivity contribution in [1.29, 1.82) is 0 Å². The van der Waals surface area contributed by atoms with Crippen LogP contribution in [0.15, 0.2) is 12.1 Å². The summed E-state index contributed by atoms with van der Waals surface area (Å²) in [4.78, 5) is 20.0. The van der Waals surface area contributed by atoms with Gasteiger partial charge < -0.3 is 9.64 Å². The van der Waals surface area contributed by atoms with Crippen molar-refractivity contribution < 1.29 is 9.53 Å². The molecule has 0 spiro atoms. The van der Waals surface area contributed by atoms with Crippen LogP contribution in [0.5, 0.6) is 0 Å². The molecule has 0 unspecified atom stereocenters. The van der Waals surface area contributed by atoms with E-state index in [9.17, 15) is 4.79 Å². The Labute approximate surface area is 141 Å². The second-order valence-electron chi connectivity index (χ2n) is 6.33. The summed E-state index contributed by atoms with van der Waals surface area (Å²) in [5.41, 5.74) is 0.480. The molecule has 1 aliphatic rings. The highest BCUT2D eigenvalue weighted by molar-refractivity contribution is 6.32. The van der Waals surface area contributed by atoms with Gasteiger partial charge in [0.05, 0.1) is 0 Å². The van der Waals surface area contributed by atoms with Crippen LogP contribution in [0.2, 0.25) is 10.3 Å². The third kappa shape index (κ3) is 5.00. The van der Waals surface area contributed by atoms with Crippen LogP contribution in [0.3, 0.4) is 0 Å². The molecule has 1 saturated heterocycles. The first kappa shape index (κ1) is 17.3. The van der Waals surface area contributed by atoms with E-state index in [1.165, 1.54) is 0 Å². The summed E-state index contributed by atoms with van der Waals surface area (Å²) in [6.45, 7) is 9.16. The van der Waals surface area contributed by atoms with Crippen LogP contribution < -0.4 is 0 Å². The van der Waals surface area contributed by atoms with Gasteiger partial charge in [0.2, 0.25) is 0 Å². The zero-order valence-corrected chi connectivity index (χ0v) is 14.6. The zero-order chi connectivity index (χ0) is 16.3. The number of carbonyl (C=O) groups is 1. The maximum atomic E-state index is 12.0. The van der Waals surface area contributed by atoms with Crippen molar-refractivity contribution in [1.82, 2.24) is 14.8 Å². The van der Waals surface area contributed by atoms with E-state index >= 15 is 0 Å². The molecule has 1 fully saturated rings. The lowest BCUT2D eigenvalue weighted by Gasteiger charge is -2.35. The van der Waals surface area contributed by atoms with Gasteiger partial charge in [0, 0.05) is 38.3 Å². The maximum absolute atomic E-state index is 12.0. The Bertz CT molecular complexity index is 538. The van der Waals surface area contributed by atoms with E-state index in [2.05, 4.69) is 9.88 Å². The van der Waals surface area contributed by atoms with Gasteiger partial charge in [-0.1, -0.05) is 29.3 Å². The highest BCUT2D eigenvalue weighted by Gasteiger charge is 2.26. The fourth-order valence-electron chi connectivity index (χ4n) is 2.21. The molecule has 0 atom stereocenters. The number of rotatable bonds is 2. The molecule has 2 rings (SSSR count). The van der Waals surface area contributed by atoms with Crippen LogP contribution in [0.25, 0.3) is 0 Å². The highest BCUT2D eigenvalue weighted by Crippen LogP contribution is 2.19. The van der Waals surface area contributed by atoms with Crippen molar-refractivity contribution in [2.45, 2.75) is 32.9 Å². The highest BCUT2D eigenvalue weighted by atomic mass is 35.5. The van der Waals surface area contributed by atoms with Crippen molar-refractivity contribution in [3.63, 3.8) is 0 Å². The molecule has 1 amide bonds. The SMILES string of the molecule is CC(C)(C)OC(=O)N1CCN(Cc2ccc(Cl)nc2Cl)CC1. The van der Waals surface area contributed by atoms with E-state index in [0.29, 0.717) is 29.9 Å². The fraction of sp³-hybridized carbons (Fsp3) is 0.600. The third-order valence-electron chi connectivity index (χ3n) is 3.31. The minimum absolute atomic E-state index is 0.252. The van der Waals surface area contributed by atoms with Gasteiger partial charge in [-0.05, 0) is 26.8 Å². The first-order chi connectivity index (χ1) is 10.2. The first-order valence-corrected chi connectivity index (χ1v) is 8.01. The van der Waals surface area contributed by atoms with Gasteiger partial charge in [-0.25, -0.2) is 9.78 Å². The van der Waals surface area contributed by atoms with Gasteiger partial charge in [-0.2, -0.15) is 0 Å². The molecular formula is C15H21Cl2N3O2. The van der Waals surface area contributed by atoms with Crippen LogP contribution in [-0.2, 0) is 11.3 Å². The van der Waals surface area contributed by atoms with Gasteiger partial charge in [0.15, 0.2) is 0 Å². The van der Waals surface area contributed by atoms with E-state index < -0.39 is 5.60 Å². The summed E-state index contributed by atoms with van der Waals surface area (Å²) in [5.74, 6) is 0. The number of amides is 1. The predicted octanol–water partition coefficient (Wildman–Crippen LogP) is 3.44. The quantitative estimate of drug-likeness (QED) is 0.770. The molecule has 0 radical (unpaired) electrons. The van der Waals surface area contributed by atoms with Crippen LogP contribution in [-0.4, -0.2) is 52.7 Å². The van der Waals surface area contributed by atoms with Gasteiger partial charge in [0.25, 0.3) is 0 Å². The first-order valence-electron chi connectivity index (χ1n) is 7.26. The summed E-state index contributed by atoms with van der Waals surface area (Å²) in [6, 6.07) is 3.62. The number of nitrogens with zero attached hydrogens (tertiary/aromatic N) is 3. The fourth-order valence-corrected chi connectivity index (χ4v) is 2.62. The van der Waals surface area contributed by atoms with Crippen LogP contribution in [0.1, 0.15) is 26.3 Å². The number of piperazine rings is 1. The lowest BCUT2D eigenvalue weighted by Crippen LogP contribution is -2.49. The largest absolute Gasteiger partial charge is 0.444 e. The van der Waals surface area contributed by atoms with Crippen molar-refractivity contribution >= 4 is 29.3 Å². The molecule has 5 nitrogen and oxygen atoms in total. The molecule has 1 aromatic heterocycles. The topological polar surface area (TPSA) is 45.7 Å². The van der Waals surface area contributed by atoms with Crippen LogP contribution in [0.4, 0.5) is 4.79 Å². The van der Waals surface area contributed by atoms with Crippen molar-refractivity contribution in [2.75, 3.05) is 26.2 Å². The Balaban J connectivity index is 1.86. The predicted molar refractivity (Wildman–Crippen MR) is 87.3 cm³/mol. The minimum atomic E-state index is -0.462. The lowest BCUT2D eigenvalue weighted by molar-refractivity contribution is 0.0139. The molecule has 2 heterocycles. The number of halogens is 2. The van der Waals surface area contributed by atoms with Gasteiger partial charge >= 0.3 is 6.09 Å². The van der Waals surface area contributed by atoms with Gasteiger partial charge in [0.1, 0.15) is 15.9 Å². The summed E-state index contributed by atoms with van der Waals surface area (Å²) in [7, 11) is 0. The Morgan fingerprint density at radius 1 is 1.23 bits per heavy atom. The molecular weight excluding hydrogens is 325 g/mol. The molecule has 0 aliphatic carbocycles. The normalized spacial score (nSPS) is 16.7. The third-order valence-corrected chi connectivity index (χ3v) is 3.85. The summed E-state index contributed by atoms with van der Waals surface area (Å²) < 4.78 is 5.39. The van der Waals surface area contributed by atoms with E-state index in [1.807, 2.05) is 26.8 Å². The second-order valence-corrected chi connectivity index (χ2v) is 7.07. The van der Waals surface area contributed by atoms with Crippen molar-refractivity contribution in [3.8, 4) is 0 Å². The standard InChI is InChI=1S/C15H21Cl2N3O2/c1-15(2,3)22-14(21)20-8-6-19(7-9-20)10-11-4-5-12(16)18-13(11)17/h4-5H,6-10H2,1-3H3. The molecule has 0 saturated carbocycles. The number of aromatic nitrogens is 1. The Morgan fingerprint density at radius 2 is 1.86 bits per heavy atom. The number of hydrogen-bond donors (Lipinski definition) is 0. The maximum Gasteiger partial charge on any atom is 0.410 e. The summed E-state index contributed by atoms with van der Waals surface area (Å²) in [6.07, 6.45) is -0.252. The molecule has 122 valence electrons. The Hall–Kier alpha value is -1.04. The zero-order valence-electron chi connectivity index (χ0n) is 13.1. The van der Waals surface area contributed by atoms with Gasteiger partial charge in [-0.3, -0.25) is 4.90 Å². The lowest BCUT2D eigenvalue weighted by atomic mass is 10.2. The average molecular weight is 346 g/mol. The van der Waals surface area contributed by atoms with E-state index in [1.54, 1.807) is 11.0 Å². The van der Waals surface area contributed by atoms with Gasteiger partial charge in [-0.15, -0.1) is 0 Å². The molecule has 1 aromatic rings. The molecule has 7 heteroatoms. The monoisotopic (exact) mass is 345 g/mol. The van der Waals surface area contributed by atoms with Crippen molar-refractivity contribution in [3.05, 3.63) is 28.0 Å². The van der Waals surface area contributed by atoms with Crippen LogP contribution in [0, 0.1) is 0 Å². The Kier molecular flexibility index (Phi) is 5.53. The summed E-state index contributed by atoms with van der Waals surface area (Å²) >= 11 is 11.9. The van der Waals surface area contributed by atoms with E-state index in [-0.39, 0.29) is 6.09 Å². The van der Waals surface area contributed by atoms with E-state index in [0.717, 1.165) is 18.7 Å². The molecule has 0 bridgehead atoms. The summed E-state index contributed by atoms with van der Waals surface area (Å²) in [5, 5.41) is 0.825. The molecule has 0 N–H and O–H groups in total. The number of pyridine rings is 1. The minimum Gasteiger partial charge on any atom is -0.444 e. The van der Waals surface area contributed by atoms with E-state index in [4.69, 9.17) is 27.9 Å². The molecule has 0 aromatic carbocycles. The number of hydrogen-bond acceptors (Lipinski definition) is 4. The Morgan fingerprint density at radius 3 is 2.41 bits per heavy atom. The number of ether oxygens (including phenoxy) is 1. The van der Waals surface area contributed by atoms with Crippen molar-refractivity contribution in [2.24, 2.45) is 0 Å². The smallest absolute Gasteiger partial charge is 0.410 e.